The van der Waals surface area contributed by atoms with Crippen LogP contribution >= 0.6 is 24.0 Å². The van der Waals surface area contributed by atoms with E-state index in [9.17, 15) is 9.59 Å². The van der Waals surface area contributed by atoms with Gasteiger partial charge in [-0.3, -0.25) is 24.5 Å². The molecular weight excluding hydrogens is 481 g/mol. The number of imide groups is 1. The number of likely N-dealkylation sites (tertiary alicyclic amines) is 1. The predicted molar refractivity (Wildman–Crippen MR) is 122 cm³/mol. The Morgan fingerprint density at radius 2 is 1.90 bits per heavy atom. The fourth-order valence-electron chi connectivity index (χ4n) is 4.72. The summed E-state index contributed by atoms with van der Waals surface area (Å²) in [4.78, 5) is 35.4. The van der Waals surface area contributed by atoms with Crippen LogP contribution in [-0.4, -0.2) is 47.8 Å². The van der Waals surface area contributed by atoms with Crippen LogP contribution in [0.15, 0.2) is 35.5 Å². The Balaban J connectivity index is 0.00000240. The molecule has 2 heterocycles. The number of fused-ring (bicyclic) bond motifs is 5. The van der Waals surface area contributed by atoms with E-state index in [-0.39, 0.29) is 59.5 Å². The molecule has 0 aromatic carbocycles. The first-order valence-electron chi connectivity index (χ1n) is 9.98. The van der Waals surface area contributed by atoms with Crippen molar-refractivity contribution in [1.82, 2.24) is 20.5 Å². The molecule has 2 N–H and O–H groups in total. The average Bonchev–Trinajstić information content (AvgIpc) is 3.37. The maximum Gasteiger partial charge on any atom is 0.233 e. The molecule has 1 saturated heterocycles. The van der Waals surface area contributed by atoms with Crippen molar-refractivity contribution in [3.63, 3.8) is 0 Å². The van der Waals surface area contributed by atoms with Gasteiger partial charge in [-0.1, -0.05) is 18.2 Å². The topological polar surface area (TPSA) is 86.7 Å². The molecule has 1 aromatic rings. The SMILES string of the molecule is CN=C(NCCCN1C(=O)C2C3C=CC(C3)C2C1=O)NCc1ncccc1C.I. The number of guanidine groups is 1. The highest BCUT2D eigenvalue weighted by atomic mass is 127. The van der Waals surface area contributed by atoms with E-state index < -0.39 is 0 Å². The highest BCUT2D eigenvalue weighted by molar-refractivity contribution is 14.0. The minimum atomic E-state index is -0.105. The van der Waals surface area contributed by atoms with Crippen molar-refractivity contribution < 1.29 is 9.59 Å². The van der Waals surface area contributed by atoms with E-state index in [0.717, 1.165) is 17.7 Å². The predicted octanol–water partition coefficient (Wildman–Crippen LogP) is 1.87. The first-order valence-corrected chi connectivity index (χ1v) is 9.98. The number of amides is 2. The van der Waals surface area contributed by atoms with Gasteiger partial charge < -0.3 is 10.6 Å². The minimum Gasteiger partial charge on any atom is -0.356 e. The van der Waals surface area contributed by atoms with Gasteiger partial charge in [0.2, 0.25) is 11.8 Å². The third kappa shape index (κ3) is 4.17. The number of rotatable bonds is 6. The third-order valence-electron chi connectivity index (χ3n) is 6.18. The lowest BCUT2D eigenvalue weighted by atomic mass is 9.85. The first kappa shape index (κ1) is 21.7. The zero-order valence-corrected chi connectivity index (χ0v) is 19.1. The van der Waals surface area contributed by atoms with Crippen LogP contribution in [0.2, 0.25) is 0 Å². The van der Waals surface area contributed by atoms with E-state index in [1.807, 2.05) is 19.1 Å². The van der Waals surface area contributed by atoms with Crippen molar-refractivity contribution >= 4 is 41.8 Å². The zero-order valence-electron chi connectivity index (χ0n) is 16.8. The molecule has 7 nitrogen and oxygen atoms in total. The number of pyridine rings is 1. The highest BCUT2D eigenvalue weighted by Crippen LogP contribution is 2.52. The number of aryl methyl sites for hydroxylation is 1. The van der Waals surface area contributed by atoms with Gasteiger partial charge in [0.25, 0.3) is 0 Å². The standard InChI is InChI=1S/C21H27N5O2.HI/c1-13-5-3-8-23-16(13)12-25-21(22-2)24-9-4-10-26-19(27)17-14-6-7-15(11-14)18(17)20(26)28;/h3,5-8,14-15,17-18H,4,9-12H2,1-2H3,(H2,22,24,25);1H. The molecule has 4 unspecified atom stereocenters. The van der Waals surface area contributed by atoms with Crippen LogP contribution in [0.3, 0.4) is 0 Å². The summed E-state index contributed by atoms with van der Waals surface area (Å²) in [6, 6.07) is 3.95. The lowest BCUT2D eigenvalue weighted by molar-refractivity contribution is -0.140. The number of aromatic nitrogens is 1. The van der Waals surface area contributed by atoms with Crippen LogP contribution in [0, 0.1) is 30.6 Å². The van der Waals surface area contributed by atoms with Gasteiger partial charge in [-0.2, -0.15) is 0 Å². The molecule has 156 valence electrons. The van der Waals surface area contributed by atoms with Crippen LogP contribution in [-0.2, 0) is 16.1 Å². The van der Waals surface area contributed by atoms with Crippen LogP contribution < -0.4 is 10.6 Å². The van der Waals surface area contributed by atoms with Gasteiger partial charge in [0.15, 0.2) is 5.96 Å². The van der Waals surface area contributed by atoms with Gasteiger partial charge in [0, 0.05) is 26.3 Å². The molecule has 4 atom stereocenters. The average molecular weight is 509 g/mol. The Kier molecular flexibility index (Phi) is 6.92. The Morgan fingerprint density at radius 3 is 2.52 bits per heavy atom. The number of carbonyl (C=O) groups is 2. The van der Waals surface area contributed by atoms with Crippen molar-refractivity contribution in [2.75, 3.05) is 20.1 Å². The van der Waals surface area contributed by atoms with Gasteiger partial charge >= 0.3 is 0 Å². The molecular formula is C21H28IN5O2. The summed E-state index contributed by atoms with van der Waals surface area (Å²) >= 11 is 0. The second-order valence-corrected chi connectivity index (χ2v) is 7.80. The minimum absolute atomic E-state index is 0. The molecule has 1 saturated carbocycles. The molecule has 8 heteroatoms. The van der Waals surface area contributed by atoms with E-state index in [0.29, 0.717) is 32.0 Å². The molecule has 0 spiro atoms. The van der Waals surface area contributed by atoms with Crippen LogP contribution in [0.25, 0.3) is 0 Å². The number of nitrogens with one attached hydrogen (secondary N) is 2. The normalized spacial score (nSPS) is 27.2. The van der Waals surface area contributed by atoms with Crippen molar-refractivity contribution in [2.24, 2.45) is 28.7 Å². The lowest BCUT2D eigenvalue weighted by Gasteiger charge is -2.18. The number of nitrogens with zero attached hydrogens (tertiary/aromatic N) is 3. The van der Waals surface area contributed by atoms with Gasteiger partial charge in [-0.05, 0) is 43.2 Å². The highest BCUT2D eigenvalue weighted by Gasteiger charge is 2.58. The first-order chi connectivity index (χ1) is 13.6. The molecule has 1 aliphatic heterocycles. The molecule has 2 bridgehead atoms. The van der Waals surface area contributed by atoms with Gasteiger partial charge in [0.1, 0.15) is 0 Å². The summed E-state index contributed by atoms with van der Waals surface area (Å²) in [6.45, 7) is 3.72. The van der Waals surface area contributed by atoms with Gasteiger partial charge in [-0.15, -0.1) is 24.0 Å². The van der Waals surface area contributed by atoms with Gasteiger partial charge in [0.05, 0.1) is 24.1 Å². The summed E-state index contributed by atoms with van der Waals surface area (Å²) in [5, 5.41) is 6.49. The van der Waals surface area contributed by atoms with Crippen molar-refractivity contribution in [3.05, 3.63) is 41.7 Å². The fourth-order valence-corrected chi connectivity index (χ4v) is 4.72. The van der Waals surface area contributed by atoms with Crippen molar-refractivity contribution in [2.45, 2.75) is 26.3 Å². The second kappa shape index (κ2) is 9.23. The maximum absolute atomic E-state index is 12.7. The summed E-state index contributed by atoms with van der Waals surface area (Å²) in [7, 11) is 1.72. The Labute approximate surface area is 188 Å². The maximum atomic E-state index is 12.7. The largest absolute Gasteiger partial charge is 0.356 e. The fraction of sp³-hybridized carbons (Fsp3) is 0.524. The number of aliphatic imine (C=N–C) groups is 1. The van der Waals surface area contributed by atoms with E-state index in [1.165, 1.54) is 4.90 Å². The monoisotopic (exact) mass is 509 g/mol. The number of hydrogen-bond acceptors (Lipinski definition) is 4. The quantitative estimate of drug-likeness (QED) is 0.153. The Hall–Kier alpha value is -1.97. The number of hydrogen-bond donors (Lipinski definition) is 2. The summed E-state index contributed by atoms with van der Waals surface area (Å²) in [5.41, 5.74) is 2.11. The van der Waals surface area contributed by atoms with Crippen LogP contribution in [0.5, 0.6) is 0 Å². The van der Waals surface area contributed by atoms with Crippen molar-refractivity contribution in [1.29, 1.82) is 0 Å². The molecule has 2 aliphatic carbocycles. The van der Waals surface area contributed by atoms with Crippen molar-refractivity contribution in [3.8, 4) is 0 Å². The van der Waals surface area contributed by atoms with Crippen LogP contribution in [0.1, 0.15) is 24.1 Å². The van der Waals surface area contributed by atoms with Crippen LogP contribution in [0.4, 0.5) is 0 Å². The molecule has 4 rings (SSSR count). The third-order valence-corrected chi connectivity index (χ3v) is 6.18. The molecule has 2 fully saturated rings. The molecule has 29 heavy (non-hydrogen) atoms. The van der Waals surface area contributed by atoms with E-state index in [2.05, 4.69) is 32.8 Å². The molecule has 0 radical (unpaired) electrons. The van der Waals surface area contributed by atoms with E-state index in [4.69, 9.17) is 0 Å². The smallest absolute Gasteiger partial charge is 0.233 e. The summed E-state index contributed by atoms with van der Waals surface area (Å²) in [6.07, 6.45) is 7.70. The van der Waals surface area contributed by atoms with E-state index in [1.54, 1.807) is 13.2 Å². The number of halogens is 1. The molecule has 2 amide bonds. The van der Waals surface area contributed by atoms with Gasteiger partial charge in [-0.25, -0.2) is 0 Å². The summed E-state index contributed by atoms with van der Waals surface area (Å²) in [5.74, 6) is 1.07. The van der Waals surface area contributed by atoms with E-state index >= 15 is 0 Å². The second-order valence-electron chi connectivity index (χ2n) is 7.80. The number of carbonyl (C=O) groups excluding carboxylic acids is 2. The Bertz CT molecular complexity index is 810. The molecule has 3 aliphatic rings. The number of allylic oxidation sites excluding steroid dienone is 2. The zero-order chi connectivity index (χ0) is 19.7. The Morgan fingerprint density at radius 1 is 1.21 bits per heavy atom. The lowest BCUT2D eigenvalue weighted by Crippen LogP contribution is -2.39. The summed E-state index contributed by atoms with van der Waals surface area (Å²) < 4.78 is 0. The molecule has 1 aromatic heterocycles.